The molecule has 0 bridgehead atoms. The number of aromatic nitrogens is 6. The maximum atomic E-state index is 14.0. The number of fused-ring (bicyclic) bond motifs is 2. The molecule has 148 valence electrons. The van der Waals surface area contributed by atoms with Crippen LogP contribution in [0.3, 0.4) is 0 Å². The third-order valence-electron chi connectivity index (χ3n) is 5.36. The van der Waals surface area contributed by atoms with Crippen molar-refractivity contribution in [3.05, 3.63) is 65.8 Å². The largest absolute Gasteiger partial charge is 0.374 e. The van der Waals surface area contributed by atoms with Crippen molar-refractivity contribution in [2.75, 3.05) is 10.2 Å². The van der Waals surface area contributed by atoms with Gasteiger partial charge >= 0.3 is 0 Å². The molecule has 4 aromatic rings. The van der Waals surface area contributed by atoms with Gasteiger partial charge in [-0.05, 0) is 53.3 Å². The number of halogens is 1. The smallest absolute Gasteiger partial charge is 0.177 e. The van der Waals surface area contributed by atoms with Crippen LogP contribution in [0.2, 0.25) is 0 Å². The summed E-state index contributed by atoms with van der Waals surface area (Å²) in [5, 5.41) is 12.2. The Labute approximate surface area is 188 Å². The van der Waals surface area contributed by atoms with Crippen LogP contribution in [0.1, 0.15) is 16.8 Å². The monoisotopic (exact) mass is 416 g/mol. The molecule has 8 nitrogen and oxygen atoms in total. The van der Waals surface area contributed by atoms with Crippen molar-refractivity contribution in [2.24, 2.45) is 0 Å². The molecule has 0 spiro atoms. The third kappa shape index (κ3) is 3.23. The minimum atomic E-state index is -1.68. The van der Waals surface area contributed by atoms with Crippen LogP contribution in [0.25, 0.3) is 5.65 Å². The molecule has 0 saturated carbocycles. The summed E-state index contributed by atoms with van der Waals surface area (Å²) in [4.78, 5) is 9.63. The summed E-state index contributed by atoms with van der Waals surface area (Å²) < 4.78 is 15.5. The summed E-state index contributed by atoms with van der Waals surface area (Å²) in [6.07, 6.45) is 5.71. The zero-order valence-electron chi connectivity index (χ0n) is 17.1. The van der Waals surface area contributed by atoms with Crippen LogP contribution in [-0.4, -0.2) is 66.5 Å². The maximum Gasteiger partial charge on any atom is 0.177 e. The second kappa shape index (κ2) is 7.08. The summed E-state index contributed by atoms with van der Waals surface area (Å²) in [6.45, 7) is 1.82. The second-order valence-electron chi connectivity index (χ2n) is 7.81. The molecule has 8 radical (unpaired) electrons. The van der Waals surface area contributed by atoms with E-state index in [1.54, 1.807) is 12.1 Å². The van der Waals surface area contributed by atoms with Gasteiger partial charge in [-0.25, -0.2) is 4.39 Å². The van der Waals surface area contributed by atoms with Crippen LogP contribution < -0.4 is 10.2 Å². The number of pyridine rings is 2. The van der Waals surface area contributed by atoms with Gasteiger partial charge in [-0.3, -0.25) is 9.97 Å². The highest BCUT2D eigenvalue weighted by Gasteiger charge is 2.45. The number of hydrogen-bond donors (Lipinski definition) is 1. The van der Waals surface area contributed by atoms with Gasteiger partial charge in [0.15, 0.2) is 17.3 Å². The summed E-state index contributed by atoms with van der Waals surface area (Å²) in [7, 11) is 26.2. The average molecular weight is 416 g/mol. The minimum absolute atomic E-state index is 0.143. The van der Waals surface area contributed by atoms with Crippen molar-refractivity contribution >= 4 is 54.2 Å². The van der Waals surface area contributed by atoms with Gasteiger partial charge in [0.1, 0.15) is 6.33 Å². The SMILES string of the molecule is [B]C1([B])Cc2ncc(Nc3ccncc3F)cc2C([B])([B])N1c1nn2cnnc2cc1C. The molecule has 13 heteroatoms. The fourth-order valence-electron chi connectivity index (χ4n) is 3.94. The van der Waals surface area contributed by atoms with Gasteiger partial charge in [0.2, 0.25) is 0 Å². The van der Waals surface area contributed by atoms with Gasteiger partial charge in [0.05, 0.1) is 55.2 Å². The highest BCUT2D eigenvalue weighted by atomic mass is 19.1. The lowest BCUT2D eigenvalue weighted by Crippen LogP contribution is -2.66. The highest BCUT2D eigenvalue weighted by molar-refractivity contribution is 6.48. The van der Waals surface area contributed by atoms with Crippen LogP contribution in [0, 0.1) is 12.7 Å². The first kappa shape index (κ1) is 20.5. The molecule has 4 aromatic heterocycles. The van der Waals surface area contributed by atoms with Crippen molar-refractivity contribution in [1.82, 2.24) is 29.8 Å². The van der Waals surface area contributed by atoms with E-state index in [-0.39, 0.29) is 12.1 Å². The van der Waals surface area contributed by atoms with E-state index >= 15 is 0 Å². The van der Waals surface area contributed by atoms with Crippen molar-refractivity contribution in [1.29, 1.82) is 0 Å². The van der Waals surface area contributed by atoms with Crippen LogP contribution in [-0.2, 0) is 11.8 Å². The Kier molecular flexibility index (Phi) is 4.54. The Morgan fingerprint density at radius 3 is 2.75 bits per heavy atom. The highest BCUT2D eigenvalue weighted by Crippen LogP contribution is 2.41. The molecular weight excluding hydrogens is 403 g/mol. The molecule has 0 saturated heterocycles. The molecule has 0 amide bonds. The van der Waals surface area contributed by atoms with E-state index in [1.807, 2.05) is 6.92 Å². The summed E-state index contributed by atoms with van der Waals surface area (Å²) in [5.74, 6) is -0.139. The number of aryl methyl sites for hydroxylation is 1. The van der Waals surface area contributed by atoms with E-state index < -0.39 is 16.5 Å². The lowest BCUT2D eigenvalue weighted by Gasteiger charge is -2.56. The summed E-state index contributed by atoms with van der Waals surface area (Å²) in [5.41, 5.74) is 2.96. The Bertz CT molecular complexity index is 1340. The molecule has 0 fully saturated rings. The Balaban J connectivity index is 1.61. The van der Waals surface area contributed by atoms with Crippen LogP contribution in [0.15, 0.2) is 43.1 Å². The first-order valence-corrected chi connectivity index (χ1v) is 9.66. The molecular formula is C19H13B4FN8. The lowest BCUT2D eigenvalue weighted by molar-refractivity contribution is 0.557. The Morgan fingerprint density at radius 1 is 1.16 bits per heavy atom. The number of nitrogens with one attached hydrogen (secondary N) is 1. The van der Waals surface area contributed by atoms with Crippen molar-refractivity contribution in [3.8, 4) is 0 Å². The quantitative estimate of drug-likeness (QED) is 0.491. The predicted molar refractivity (Wildman–Crippen MR) is 121 cm³/mol. The van der Waals surface area contributed by atoms with Crippen molar-refractivity contribution in [2.45, 2.75) is 24.0 Å². The van der Waals surface area contributed by atoms with Crippen LogP contribution in [0.5, 0.6) is 0 Å². The molecule has 1 aliphatic rings. The standard InChI is InChI=1S/C19H13B4FN8/c1-10-4-16-29-27-9-31(16)30-17(10)32-18(20,21)6-15-12(19(32,22)23)5-11(7-26-15)28-14-2-3-25-8-13(14)24/h2-5,7-9H,6H2,1H3,(H,25,28). The van der Waals surface area contributed by atoms with Gasteiger partial charge in [-0.1, -0.05) is 0 Å². The molecule has 5 rings (SSSR count). The van der Waals surface area contributed by atoms with E-state index in [0.717, 1.165) is 6.20 Å². The summed E-state index contributed by atoms with van der Waals surface area (Å²) >= 11 is 0. The van der Waals surface area contributed by atoms with E-state index in [2.05, 4.69) is 30.6 Å². The second-order valence-corrected chi connectivity index (χ2v) is 7.81. The first-order valence-electron chi connectivity index (χ1n) is 9.66. The summed E-state index contributed by atoms with van der Waals surface area (Å²) in [6, 6.07) is 4.97. The number of rotatable bonds is 3. The van der Waals surface area contributed by atoms with Gasteiger partial charge in [0, 0.05) is 11.9 Å². The fourth-order valence-corrected chi connectivity index (χ4v) is 3.94. The van der Waals surface area contributed by atoms with Crippen molar-refractivity contribution in [3.63, 3.8) is 0 Å². The number of nitrogens with zero attached hydrogens (tertiary/aromatic N) is 7. The Hall–Kier alpha value is -3.36. The third-order valence-corrected chi connectivity index (χ3v) is 5.36. The predicted octanol–water partition coefficient (Wildman–Crippen LogP) is 0.606. The van der Waals surface area contributed by atoms with Gasteiger partial charge in [0.25, 0.3) is 0 Å². The molecule has 0 unspecified atom stereocenters. The molecule has 5 heterocycles. The topological polar surface area (TPSA) is 84.1 Å². The zero-order valence-corrected chi connectivity index (χ0v) is 17.1. The fraction of sp³-hybridized carbons (Fsp3) is 0.211. The molecule has 1 N–H and O–H groups in total. The van der Waals surface area contributed by atoms with Gasteiger partial charge < -0.3 is 10.2 Å². The molecule has 0 aliphatic carbocycles. The van der Waals surface area contributed by atoms with Gasteiger partial charge in [-0.2, -0.15) is 4.52 Å². The van der Waals surface area contributed by atoms with E-state index in [0.29, 0.717) is 34.0 Å². The molecule has 0 aromatic carbocycles. The van der Waals surface area contributed by atoms with Crippen molar-refractivity contribution < 1.29 is 4.39 Å². The van der Waals surface area contributed by atoms with E-state index in [9.17, 15) is 4.39 Å². The van der Waals surface area contributed by atoms with Crippen LogP contribution >= 0.6 is 0 Å². The minimum Gasteiger partial charge on any atom is -0.374 e. The van der Waals surface area contributed by atoms with Crippen LogP contribution in [0.4, 0.5) is 21.6 Å². The average Bonchev–Trinajstić information content (AvgIpc) is 3.17. The molecule has 1 aliphatic heterocycles. The zero-order chi connectivity index (χ0) is 22.7. The normalized spacial score (nSPS) is 16.6. The number of hydrogen-bond acceptors (Lipinski definition) is 7. The Morgan fingerprint density at radius 2 is 1.97 bits per heavy atom. The molecule has 0 atom stereocenters. The lowest BCUT2D eigenvalue weighted by atomic mass is 9.46. The van der Waals surface area contributed by atoms with E-state index in [1.165, 1.54) is 34.2 Å². The van der Waals surface area contributed by atoms with Gasteiger partial charge in [-0.15, -0.1) is 15.3 Å². The molecule has 32 heavy (non-hydrogen) atoms. The first-order chi connectivity index (χ1) is 15.2. The van der Waals surface area contributed by atoms with E-state index in [4.69, 9.17) is 31.4 Å². The number of anilines is 3. The maximum absolute atomic E-state index is 14.0.